The molecule has 0 radical (unpaired) electrons. The third-order valence-corrected chi connectivity index (χ3v) is 4.87. The number of nitrogens with zero attached hydrogens (tertiary/aromatic N) is 1. The second-order valence-corrected chi connectivity index (χ2v) is 7.12. The molecule has 128 valence electrons. The number of carbonyl (C=O) groups excluding carboxylic acids is 1. The molecule has 1 saturated carbocycles. The molecule has 0 unspecified atom stereocenters. The topological polar surface area (TPSA) is 52.6 Å². The number of aryl methyl sites for hydroxylation is 1. The molecule has 1 aromatic rings. The highest BCUT2D eigenvalue weighted by Crippen LogP contribution is 2.28. The molecular formula is C19H30N2O2. The predicted molar refractivity (Wildman–Crippen MR) is 93.3 cm³/mol. The Morgan fingerprint density at radius 2 is 1.91 bits per heavy atom. The van der Waals surface area contributed by atoms with E-state index >= 15 is 0 Å². The summed E-state index contributed by atoms with van der Waals surface area (Å²) < 4.78 is 0. The van der Waals surface area contributed by atoms with E-state index in [1.54, 1.807) is 0 Å². The number of hydrogen-bond acceptors (Lipinski definition) is 3. The van der Waals surface area contributed by atoms with Gasteiger partial charge in [0.2, 0.25) is 5.91 Å². The molecule has 1 atom stereocenters. The highest BCUT2D eigenvalue weighted by molar-refractivity contribution is 5.84. The molecule has 4 nitrogen and oxygen atoms in total. The maximum atomic E-state index is 13.0. The van der Waals surface area contributed by atoms with Crippen molar-refractivity contribution in [2.75, 3.05) is 20.7 Å². The van der Waals surface area contributed by atoms with Crippen molar-refractivity contribution in [3.05, 3.63) is 35.4 Å². The average molecular weight is 318 g/mol. The molecular weight excluding hydrogens is 288 g/mol. The van der Waals surface area contributed by atoms with Gasteiger partial charge in [-0.05, 0) is 39.4 Å². The fraction of sp³-hybridized carbons (Fsp3) is 0.632. The average Bonchev–Trinajstić information content (AvgIpc) is 2.73. The molecule has 1 fully saturated rings. The summed E-state index contributed by atoms with van der Waals surface area (Å²) in [4.78, 5) is 14.9. The lowest BCUT2D eigenvalue weighted by Gasteiger charge is -2.35. The Bertz CT molecular complexity index is 520. The number of aliphatic hydroxyl groups excluding tert-OH is 1. The van der Waals surface area contributed by atoms with Gasteiger partial charge in [-0.2, -0.15) is 0 Å². The molecule has 4 heteroatoms. The quantitative estimate of drug-likeness (QED) is 0.821. The smallest absolute Gasteiger partial charge is 0.242 e. The third kappa shape index (κ3) is 4.55. The Labute approximate surface area is 139 Å². The van der Waals surface area contributed by atoms with E-state index in [1.807, 2.05) is 44.1 Å². The number of carbonyl (C=O) groups is 1. The van der Waals surface area contributed by atoms with Gasteiger partial charge in [0.05, 0.1) is 12.1 Å². The van der Waals surface area contributed by atoms with Gasteiger partial charge in [-0.15, -0.1) is 0 Å². The zero-order chi connectivity index (χ0) is 16.9. The van der Waals surface area contributed by atoms with Gasteiger partial charge in [0.1, 0.15) is 6.04 Å². The van der Waals surface area contributed by atoms with Gasteiger partial charge in [-0.3, -0.25) is 9.69 Å². The summed E-state index contributed by atoms with van der Waals surface area (Å²) in [6.07, 6.45) is 6.24. The van der Waals surface area contributed by atoms with Crippen molar-refractivity contribution < 1.29 is 9.90 Å². The van der Waals surface area contributed by atoms with Crippen LogP contribution in [0.5, 0.6) is 0 Å². The van der Waals surface area contributed by atoms with E-state index in [1.165, 1.54) is 12.8 Å². The fourth-order valence-corrected chi connectivity index (χ4v) is 3.58. The molecule has 0 saturated heterocycles. The number of rotatable bonds is 5. The largest absolute Gasteiger partial charge is 0.394 e. The molecule has 23 heavy (non-hydrogen) atoms. The first-order valence-electron chi connectivity index (χ1n) is 8.63. The van der Waals surface area contributed by atoms with Crippen molar-refractivity contribution in [2.45, 2.75) is 57.0 Å². The van der Waals surface area contributed by atoms with Crippen LogP contribution in [0.3, 0.4) is 0 Å². The number of likely N-dealkylation sites (N-methyl/N-ethyl adjacent to an activating group) is 1. The normalized spacial score (nSPS) is 19.2. The van der Waals surface area contributed by atoms with Crippen molar-refractivity contribution in [1.82, 2.24) is 10.2 Å². The van der Waals surface area contributed by atoms with Crippen LogP contribution in [0.1, 0.15) is 55.7 Å². The van der Waals surface area contributed by atoms with Crippen LogP contribution in [0.15, 0.2) is 24.3 Å². The first-order chi connectivity index (χ1) is 11.0. The van der Waals surface area contributed by atoms with Crippen LogP contribution in [-0.2, 0) is 4.79 Å². The molecule has 0 aromatic heterocycles. The van der Waals surface area contributed by atoms with E-state index in [9.17, 15) is 9.90 Å². The Morgan fingerprint density at radius 1 is 1.26 bits per heavy atom. The molecule has 0 bridgehead atoms. The lowest BCUT2D eigenvalue weighted by atomic mass is 9.90. The van der Waals surface area contributed by atoms with E-state index in [4.69, 9.17) is 0 Å². The Kier molecular flexibility index (Phi) is 6.19. The van der Waals surface area contributed by atoms with E-state index in [0.29, 0.717) is 0 Å². The van der Waals surface area contributed by atoms with Crippen LogP contribution in [0.25, 0.3) is 0 Å². The number of hydrogen-bond donors (Lipinski definition) is 2. The number of aliphatic hydroxyl groups is 1. The fourth-order valence-electron chi connectivity index (χ4n) is 3.58. The standard InChI is InChI=1S/C19H30N2O2/c1-15-9-8-10-16(13-15)17(21(2)3)18(23)20-19(14-22)11-6-4-5-7-12-19/h8-10,13,17,22H,4-7,11-12,14H2,1-3H3,(H,20,23)/t17-/m0/s1. The van der Waals surface area contributed by atoms with Crippen molar-refractivity contribution in [1.29, 1.82) is 0 Å². The van der Waals surface area contributed by atoms with E-state index in [2.05, 4.69) is 11.4 Å². The van der Waals surface area contributed by atoms with E-state index in [0.717, 1.165) is 36.8 Å². The maximum absolute atomic E-state index is 13.0. The Hall–Kier alpha value is -1.39. The number of benzene rings is 1. The summed E-state index contributed by atoms with van der Waals surface area (Å²) in [6, 6.07) is 7.75. The monoisotopic (exact) mass is 318 g/mol. The van der Waals surface area contributed by atoms with Crippen molar-refractivity contribution >= 4 is 5.91 Å². The van der Waals surface area contributed by atoms with Gasteiger partial charge >= 0.3 is 0 Å². The summed E-state index contributed by atoms with van der Waals surface area (Å²) in [7, 11) is 3.84. The Balaban J connectivity index is 2.20. The number of nitrogens with one attached hydrogen (secondary N) is 1. The Morgan fingerprint density at radius 3 is 2.43 bits per heavy atom. The van der Waals surface area contributed by atoms with Crippen LogP contribution in [0.4, 0.5) is 0 Å². The molecule has 1 aliphatic rings. The minimum absolute atomic E-state index is 0.0171. The summed E-state index contributed by atoms with van der Waals surface area (Å²) in [5, 5.41) is 13.1. The lowest BCUT2D eigenvalue weighted by molar-refractivity contribution is -0.128. The molecule has 0 spiro atoms. The molecule has 1 aromatic carbocycles. The predicted octanol–water partition coefficient (Wildman–Crippen LogP) is 2.80. The SMILES string of the molecule is Cc1cccc([C@@H](C(=O)NC2(CO)CCCCCC2)N(C)C)c1. The van der Waals surface area contributed by atoms with Gasteiger partial charge in [-0.25, -0.2) is 0 Å². The summed E-state index contributed by atoms with van der Waals surface area (Å²) >= 11 is 0. The molecule has 1 amide bonds. The zero-order valence-electron chi connectivity index (χ0n) is 14.6. The van der Waals surface area contributed by atoms with Crippen molar-refractivity contribution in [3.63, 3.8) is 0 Å². The van der Waals surface area contributed by atoms with Gasteiger partial charge in [0, 0.05) is 0 Å². The van der Waals surface area contributed by atoms with Crippen LogP contribution < -0.4 is 5.32 Å². The highest BCUT2D eigenvalue weighted by Gasteiger charge is 2.35. The molecule has 2 N–H and O–H groups in total. The summed E-state index contributed by atoms with van der Waals surface area (Å²) in [5.74, 6) is -0.0171. The van der Waals surface area contributed by atoms with E-state index < -0.39 is 5.54 Å². The molecule has 2 rings (SSSR count). The molecule has 1 aliphatic carbocycles. The first kappa shape index (κ1) is 18.0. The van der Waals surface area contributed by atoms with Crippen LogP contribution >= 0.6 is 0 Å². The zero-order valence-corrected chi connectivity index (χ0v) is 14.6. The van der Waals surface area contributed by atoms with Crippen LogP contribution in [-0.4, -0.2) is 42.2 Å². The lowest BCUT2D eigenvalue weighted by Crippen LogP contribution is -2.53. The van der Waals surface area contributed by atoms with Crippen LogP contribution in [0.2, 0.25) is 0 Å². The first-order valence-corrected chi connectivity index (χ1v) is 8.63. The second kappa shape index (κ2) is 7.93. The summed E-state index contributed by atoms with van der Waals surface area (Å²) in [6.45, 7) is 2.06. The van der Waals surface area contributed by atoms with Crippen LogP contribution in [0, 0.1) is 6.92 Å². The van der Waals surface area contributed by atoms with Gasteiger partial charge in [0.15, 0.2) is 0 Å². The minimum Gasteiger partial charge on any atom is -0.394 e. The van der Waals surface area contributed by atoms with Crippen molar-refractivity contribution in [3.8, 4) is 0 Å². The van der Waals surface area contributed by atoms with Crippen molar-refractivity contribution in [2.24, 2.45) is 0 Å². The summed E-state index contributed by atoms with van der Waals surface area (Å²) in [5.41, 5.74) is 1.69. The molecule has 0 aliphatic heterocycles. The maximum Gasteiger partial charge on any atom is 0.242 e. The third-order valence-electron chi connectivity index (χ3n) is 4.87. The molecule has 0 heterocycles. The van der Waals surface area contributed by atoms with E-state index in [-0.39, 0.29) is 18.6 Å². The van der Waals surface area contributed by atoms with Gasteiger partial charge < -0.3 is 10.4 Å². The highest BCUT2D eigenvalue weighted by atomic mass is 16.3. The minimum atomic E-state index is -0.453. The van der Waals surface area contributed by atoms with Gasteiger partial charge in [-0.1, -0.05) is 55.5 Å². The number of amides is 1. The van der Waals surface area contributed by atoms with Gasteiger partial charge in [0.25, 0.3) is 0 Å². The second-order valence-electron chi connectivity index (χ2n) is 7.12.